The molecule has 0 spiro atoms. The van der Waals surface area contributed by atoms with Crippen LogP contribution in [0.4, 0.5) is 17.1 Å². The summed E-state index contributed by atoms with van der Waals surface area (Å²) in [4.78, 5) is 25.1. The van der Waals surface area contributed by atoms with Gasteiger partial charge in [0.1, 0.15) is 21.7 Å². The molecule has 0 bridgehead atoms. The molecule has 1 aliphatic heterocycles. The minimum atomic E-state index is -4.11. The highest BCUT2D eigenvalue weighted by atomic mass is 35.5. The first kappa shape index (κ1) is 33.8. The summed E-state index contributed by atoms with van der Waals surface area (Å²) in [7, 11) is -8.13. The van der Waals surface area contributed by atoms with Crippen LogP contribution in [0.3, 0.4) is 0 Å². The summed E-state index contributed by atoms with van der Waals surface area (Å²) in [5, 5.41) is 25.1. The van der Waals surface area contributed by atoms with E-state index in [0.29, 0.717) is 11.4 Å². The van der Waals surface area contributed by atoms with Gasteiger partial charge in [0.2, 0.25) is 20.0 Å². The Labute approximate surface area is 268 Å². The van der Waals surface area contributed by atoms with Crippen LogP contribution < -0.4 is 25.8 Å². The Kier molecular flexibility index (Phi) is 9.82. The summed E-state index contributed by atoms with van der Waals surface area (Å²) < 4.78 is 51.1. The minimum absolute atomic E-state index is 0.0203. The van der Waals surface area contributed by atoms with Gasteiger partial charge in [-0.1, -0.05) is 41.4 Å². The fourth-order valence-electron chi connectivity index (χ4n) is 4.50. The van der Waals surface area contributed by atoms with Gasteiger partial charge in [-0.25, -0.2) is 31.9 Å². The summed E-state index contributed by atoms with van der Waals surface area (Å²) >= 11 is 11.8. The summed E-state index contributed by atoms with van der Waals surface area (Å²) in [5.41, 5.74) is 2.29. The molecule has 7 N–H and O–H groups in total. The van der Waals surface area contributed by atoms with E-state index in [2.05, 4.69) is 10.6 Å². The van der Waals surface area contributed by atoms with E-state index in [1.54, 1.807) is 17.0 Å². The molecule has 1 unspecified atom stereocenters. The maximum atomic E-state index is 13.0. The van der Waals surface area contributed by atoms with Crippen LogP contribution in [0.25, 0.3) is 0 Å². The smallest absolute Gasteiger partial charge is 0.337 e. The Morgan fingerprint density at radius 2 is 1.62 bits per heavy atom. The van der Waals surface area contributed by atoms with Crippen LogP contribution in [-0.2, 0) is 26.6 Å². The van der Waals surface area contributed by atoms with E-state index in [0.717, 1.165) is 17.3 Å². The molecule has 2 heterocycles. The number of benzene rings is 3. The third-order valence-electron chi connectivity index (χ3n) is 6.60. The van der Waals surface area contributed by atoms with Gasteiger partial charge < -0.3 is 20.2 Å². The molecule has 1 aliphatic rings. The number of hydrogen-bond acceptors (Lipinski definition) is 9. The number of fused-ring (bicyclic) bond motifs is 1. The number of hydrogen-bond donors (Lipinski definition) is 5. The largest absolute Gasteiger partial charge is 0.478 e. The minimum Gasteiger partial charge on any atom is -0.478 e. The maximum absolute atomic E-state index is 13.0. The normalized spacial score (nSPS) is 14.6. The number of anilines is 3. The number of rotatable bonds is 7. The van der Waals surface area contributed by atoms with E-state index in [1.165, 1.54) is 24.5 Å². The van der Waals surface area contributed by atoms with Crippen molar-refractivity contribution in [2.75, 3.05) is 15.5 Å². The van der Waals surface area contributed by atoms with Crippen molar-refractivity contribution in [1.29, 1.82) is 0 Å². The van der Waals surface area contributed by atoms with Crippen molar-refractivity contribution in [2.24, 2.45) is 10.3 Å². The molecule has 4 aromatic rings. The monoisotopic (exact) mass is 695 g/mol. The van der Waals surface area contributed by atoms with Gasteiger partial charge in [-0.15, -0.1) is 0 Å². The first-order chi connectivity index (χ1) is 21.0. The third-order valence-corrected chi connectivity index (χ3v) is 9.35. The average Bonchev–Trinajstić information content (AvgIpc) is 3.45. The van der Waals surface area contributed by atoms with Crippen LogP contribution in [0.2, 0.25) is 10.0 Å². The van der Waals surface area contributed by atoms with Gasteiger partial charge in [0.05, 0.1) is 45.4 Å². The Hall–Kier alpha value is -4.12. The summed E-state index contributed by atoms with van der Waals surface area (Å²) in [5.74, 6) is -1.04. The summed E-state index contributed by atoms with van der Waals surface area (Å²) in [6.45, 7) is 3.97. The molecule has 0 saturated carbocycles. The second-order valence-corrected chi connectivity index (χ2v) is 13.6. The van der Waals surface area contributed by atoms with Gasteiger partial charge in [0, 0.05) is 5.69 Å². The highest BCUT2D eigenvalue weighted by Gasteiger charge is 2.33. The molecule has 0 saturated heterocycles. The Bertz CT molecular complexity index is 2000. The molecule has 13 nitrogen and oxygen atoms in total. The molecule has 3 aromatic carbocycles. The molecule has 0 radical (unpaired) electrons. The number of sulfonamides is 2. The quantitative estimate of drug-likeness (QED) is 0.181. The van der Waals surface area contributed by atoms with Crippen molar-refractivity contribution in [2.45, 2.75) is 36.3 Å². The molecule has 17 heteroatoms. The fourth-order valence-corrected chi connectivity index (χ4v) is 6.70. The number of carbonyl (C=O) groups excluding carboxylic acids is 1. The lowest BCUT2D eigenvalue weighted by Gasteiger charge is -2.37. The fraction of sp³-hybridized carbons (Fsp3) is 0.143. The molecular weight excluding hydrogens is 669 g/mol. The number of carboxylic acid groups (broad SMARTS) is 1. The van der Waals surface area contributed by atoms with Crippen molar-refractivity contribution in [3.05, 3.63) is 99.4 Å². The number of nitrogens with one attached hydrogen (secondary N) is 2. The number of primary sulfonamides is 2. The molecule has 45 heavy (non-hydrogen) atoms. The lowest BCUT2D eigenvalue weighted by Crippen LogP contribution is -2.47. The van der Waals surface area contributed by atoms with E-state index in [1.807, 2.05) is 38.1 Å². The van der Waals surface area contributed by atoms with Crippen molar-refractivity contribution in [3.63, 3.8) is 0 Å². The Balaban J connectivity index is 0.000000207. The zero-order valence-electron chi connectivity index (χ0n) is 23.6. The van der Waals surface area contributed by atoms with Gasteiger partial charge in [-0.05, 0) is 61.9 Å². The van der Waals surface area contributed by atoms with Gasteiger partial charge >= 0.3 is 5.97 Å². The predicted molar refractivity (Wildman–Crippen MR) is 170 cm³/mol. The number of halogens is 2. The topological polar surface area (TPSA) is 215 Å². The number of aromatic carboxylic acids is 1. The first-order valence-electron chi connectivity index (χ1n) is 12.9. The number of nitrogens with zero attached hydrogens (tertiary/aromatic N) is 1. The maximum Gasteiger partial charge on any atom is 0.337 e. The molecule has 1 atom stereocenters. The van der Waals surface area contributed by atoms with E-state index in [-0.39, 0.29) is 50.4 Å². The van der Waals surface area contributed by atoms with Gasteiger partial charge in [0.15, 0.2) is 0 Å². The number of amides is 1. The molecular formula is C28H27Cl2N5O8S2. The van der Waals surface area contributed by atoms with Gasteiger partial charge in [-0.3, -0.25) is 9.69 Å². The second-order valence-electron chi connectivity index (χ2n) is 9.77. The molecule has 5 rings (SSSR count). The van der Waals surface area contributed by atoms with Crippen LogP contribution in [0.1, 0.15) is 39.0 Å². The SMILES string of the molecule is Cc1ccccc1N1C(=O)c2cc(S(N)(=O)=O)c(Cl)cc2NC1C.NS(=O)(=O)c1cc(C(=O)O)c(NCc2ccco2)cc1Cl. The zero-order valence-corrected chi connectivity index (χ0v) is 26.8. The zero-order chi connectivity index (χ0) is 33.3. The van der Waals surface area contributed by atoms with Gasteiger partial charge in [-0.2, -0.15) is 0 Å². The van der Waals surface area contributed by atoms with E-state index < -0.39 is 30.9 Å². The highest BCUT2D eigenvalue weighted by molar-refractivity contribution is 7.89. The van der Waals surface area contributed by atoms with E-state index in [4.69, 9.17) is 43.0 Å². The van der Waals surface area contributed by atoms with Crippen LogP contribution >= 0.6 is 23.2 Å². The van der Waals surface area contributed by atoms with Crippen molar-refractivity contribution in [1.82, 2.24) is 0 Å². The molecule has 1 aromatic heterocycles. The molecule has 0 aliphatic carbocycles. The Morgan fingerprint density at radius 3 is 2.20 bits per heavy atom. The van der Waals surface area contributed by atoms with E-state index >= 15 is 0 Å². The Morgan fingerprint density at radius 1 is 1.00 bits per heavy atom. The summed E-state index contributed by atoms with van der Waals surface area (Å²) in [6.07, 6.45) is 1.16. The lowest BCUT2D eigenvalue weighted by molar-refractivity contribution is 0.0697. The number of aryl methyl sites for hydroxylation is 1. The van der Waals surface area contributed by atoms with Crippen LogP contribution in [0.5, 0.6) is 0 Å². The second kappa shape index (κ2) is 13.1. The van der Waals surface area contributed by atoms with Gasteiger partial charge in [0.25, 0.3) is 5.91 Å². The van der Waals surface area contributed by atoms with Crippen molar-refractivity contribution >= 4 is 72.2 Å². The van der Waals surface area contributed by atoms with Crippen LogP contribution in [0.15, 0.2) is 81.1 Å². The van der Waals surface area contributed by atoms with Crippen molar-refractivity contribution < 1.29 is 35.9 Å². The number of carboxylic acids is 1. The number of furan rings is 1. The van der Waals surface area contributed by atoms with E-state index in [9.17, 15) is 26.4 Å². The first-order valence-corrected chi connectivity index (χ1v) is 16.7. The average molecular weight is 697 g/mol. The van der Waals surface area contributed by atoms with Crippen LogP contribution in [-0.4, -0.2) is 40.0 Å². The van der Waals surface area contributed by atoms with Crippen molar-refractivity contribution in [3.8, 4) is 0 Å². The summed E-state index contributed by atoms with van der Waals surface area (Å²) in [6, 6.07) is 15.6. The molecule has 1 amide bonds. The lowest BCUT2D eigenvalue weighted by atomic mass is 10.1. The number of carbonyl (C=O) groups is 2. The predicted octanol–water partition coefficient (Wildman–Crippen LogP) is 4.60. The molecule has 0 fully saturated rings. The number of para-hydroxylation sites is 1. The number of nitrogens with two attached hydrogens (primary N) is 2. The van der Waals surface area contributed by atoms with Crippen LogP contribution in [0, 0.1) is 6.92 Å². The standard InChI is InChI=1S/C16H16ClN3O3S.C12H11ClN2O5S/c1-9-5-3-4-6-14(9)20-10(2)19-13-8-12(17)15(24(18,22)23)7-11(13)16(20)21;13-9-5-10(15-6-7-2-1-3-20-7)8(12(16)17)4-11(9)21(14,18)19/h3-8,10,19H,1-2H3,(H2,18,22,23);1-5,15H,6H2,(H,16,17)(H2,14,18,19). The molecule has 238 valence electrons. The third kappa shape index (κ3) is 7.58. The highest BCUT2D eigenvalue weighted by Crippen LogP contribution is 2.35.